The number of hydrazone groups is 1. The van der Waals surface area contributed by atoms with Crippen LogP contribution in [0.1, 0.15) is 42.6 Å². The van der Waals surface area contributed by atoms with E-state index in [0.717, 1.165) is 35.4 Å². The van der Waals surface area contributed by atoms with Gasteiger partial charge in [-0.2, -0.15) is 5.10 Å². The smallest absolute Gasteiger partial charge is 0.270 e. The summed E-state index contributed by atoms with van der Waals surface area (Å²) >= 11 is 0. The van der Waals surface area contributed by atoms with Crippen molar-refractivity contribution in [2.75, 3.05) is 5.01 Å². The molecule has 2 aromatic rings. The molecule has 6 nitrogen and oxygen atoms in total. The van der Waals surface area contributed by atoms with Crippen molar-refractivity contribution in [1.29, 1.82) is 0 Å². The van der Waals surface area contributed by atoms with Gasteiger partial charge in [-0.1, -0.05) is 12.1 Å². The minimum absolute atomic E-state index is 0.0794. The summed E-state index contributed by atoms with van der Waals surface area (Å²) in [6.07, 6.45) is 4.28. The summed E-state index contributed by atoms with van der Waals surface area (Å²) in [5.41, 5.74) is 3.19. The Morgan fingerprint density at radius 3 is 2.78 bits per heavy atom. The fourth-order valence-electron chi connectivity index (χ4n) is 3.33. The lowest BCUT2D eigenvalue weighted by Crippen LogP contribution is -2.42. The Balaban J connectivity index is 1.62. The predicted molar refractivity (Wildman–Crippen MR) is 102 cm³/mol. The lowest BCUT2D eigenvalue weighted by Gasteiger charge is -2.28. The van der Waals surface area contributed by atoms with Gasteiger partial charge in [0.25, 0.3) is 5.91 Å². The number of hydrogen-bond donors (Lipinski definition) is 0. The molecule has 0 bridgehead atoms. The van der Waals surface area contributed by atoms with Crippen molar-refractivity contribution in [1.82, 2.24) is 4.90 Å². The second-order valence-electron chi connectivity index (χ2n) is 7.29. The van der Waals surface area contributed by atoms with Gasteiger partial charge >= 0.3 is 0 Å². The summed E-state index contributed by atoms with van der Waals surface area (Å²) < 4.78 is 5.42. The van der Waals surface area contributed by atoms with Crippen molar-refractivity contribution in [3.63, 3.8) is 0 Å². The quantitative estimate of drug-likeness (QED) is 0.813. The minimum Gasteiger partial charge on any atom is -0.467 e. The topological polar surface area (TPSA) is 66.1 Å². The van der Waals surface area contributed by atoms with E-state index < -0.39 is 0 Å². The number of hydrogen-bond acceptors (Lipinski definition) is 4. The molecule has 2 aliphatic rings. The molecule has 1 aromatic heterocycles. The third-order valence-electron chi connectivity index (χ3n) is 5.03. The first-order chi connectivity index (χ1) is 13.0. The van der Waals surface area contributed by atoms with Crippen LogP contribution < -0.4 is 5.01 Å². The van der Waals surface area contributed by atoms with Crippen LogP contribution in [0, 0.1) is 13.8 Å². The van der Waals surface area contributed by atoms with Crippen molar-refractivity contribution in [3.8, 4) is 0 Å². The van der Waals surface area contributed by atoms with Gasteiger partial charge in [-0.15, -0.1) is 0 Å². The number of nitrogens with zero attached hydrogens (tertiary/aromatic N) is 3. The first kappa shape index (κ1) is 17.5. The van der Waals surface area contributed by atoms with Gasteiger partial charge in [-0.25, -0.2) is 5.01 Å². The van der Waals surface area contributed by atoms with Crippen molar-refractivity contribution in [2.24, 2.45) is 5.10 Å². The third kappa shape index (κ3) is 3.65. The molecule has 1 aliphatic carbocycles. The molecule has 6 heteroatoms. The minimum atomic E-state index is -0.100. The lowest BCUT2D eigenvalue weighted by molar-refractivity contribution is -0.125. The molecule has 1 aliphatic heterocycles. The zero-order valence-corrected chi connectivity index (χ0v) is 15.6. The second-order valence-corrected chi connectivity index (χ2v) is 7.29. The Labute approximate surface area is 158 Å². The Bertz CT molecular complexity index is 897. The predicted octanol–water partition coefficient (Wildman–Crippen LogP) is 3.57. The van der Waals surface area contributed by atoms with Crippen LogP contribution in [0.25, 0.3) is 0 Å². The van der Waals surface area contributed by atoms with E-state index in [1.54, 1.807) is 6.26 Å². The molecule has 0 unspecified atom stereocenters. The number of rotatable bonds is 5. The van der Waals surface area contributed by atoms with Crippen molar-refractivity contribution in [2.45, 2.75) is 52.1 Å². The van der Waals surface area contributed by atoms with Crippen molar-refractivity contribution in [3.05, 3.63) is 53.5 Å². The molecule has 0 atom stereocenters. The highest BCUT2D eigenvalue weighted by Crippen LogP contribution is 2.30. The summed E-state index contributed by atoms with van der Waals surface area (Å²) in [5.74, 6) is 0.579. The van der Waals surface area contributed by atoms with Gasteiger partial charge in [-0.05, 0) is 56.0 Å². The van der Waals surface area contributed by atoms with Crippen LogP contribution in [0.4, 0.5) is 5.69 Å². The number of anilines is 1. The van der Waals surface area contributed by atoms with Crippen LogP contribution in [0.3, 0.4) is 0 Å². The molecule has 0 spiro atoms. The average Bonchev–Trinajstić information content (AvgIpc) is 3.37. The van der Waals surface area contributed by atoms with Crippen LogP contribution in [-0.2, 0) is 16.1 Å². The molecule has 2 amide bonds. The fourth-order valence-corrected chi connectivity index (χ4v) is 3.33. The number of amides is 2. The van der Waals surface area contributed by atoms with Crippen LogP contribution in [-0.4, -0.2) is 28.5 Å². The average molecular weight is 365 g/mol. The van der Waals surface area contributed by atoms with Crippen LogP contribution in [0.2, 0.25) is 0 Å². The lowest BCUT2D eigenvalue weighted by atomic mass is 10.1. The number of benzene rings is 1. The molecule has 4 rings (SSSR count). The molecule has 2 heterocycles. The van der Waals surface area contributed by atoms with Crippen LogP contribution in [0.5, 0.6) is 0 Å². The second kappa shape index (κ2) is 7.02. The maximum Gasteiger partial charge on any atom is 0.270 e. The highest BCUT2D eigenvalue weighted by atomic mass is 16.3. The molecular formula is C21H23N3O3. The third-order valence-corrected chi connectivity index (χ3v) is 5.03. The normalized spacial score (nSPS) is 17.0. The zero-order valence-electron chi connectivity index (χ0n) is 15.6. The van der Waals surface area contributed by atoms with Gasteiger partial charge in [0.2, 0.25) is 5.91 Å². The first-order valence-corrected chi connectivity index (χ1v) is 9.34. The summed E-state index contributed by atoms with van der Waals surface area (Å²) in [7, 11) is 0. The van der Waals surface area contributed by atoms with E-state index >= 15 is 0 Å². The molecule has 0 N–H and O–H groups in total. The Kier molecular flexibility index (Phi) is 4.56. The van der Waals surface area contributed by atoms with Crippen LogP contribution in [0.15, 0.2) is 46.1 Å². The Morgan fingerprint density at radius 1 is 1.26 bits per heavy atom. The number of furan rings is 1. The van der Waals surface area contributed by atoms with E-state index in [4.69, 9.17) is 4.42 Å². The Hall–Kier alpha value is -2.89. The molecule has 0 saturated heterocycles. The van der Waals surface area contributed by atoms with E-state index in [9.17, 15) is 9.59 Å². The van der Waals surface area contributed by atoms with Crippen molar-refractivity contribution >= 4 is 23.2 Å². The van der Waals surface area contributed by atoms with Gasteiger partial charge in [0.05, 0.1) is 18.5 Å². The van der Waals surface area contributed by atoms with Crippen LogP contribution >= 0.6 is 0 Å². The van der Waals surface area contributed by atoms with Gasteiger partial charge in [0.15, 0.2) is 0 Å². The summed E-state index contributed by atoms with van der Waals surface area (Å²) in [6, 6.07) is 9.84. The van der Waals surface area contributed by atoms with Gasteiger partial charge in [0, 0.05) is 18.9 Å². The van der Waals surface area contributed by atoms with E-state index in [2.05, 4.69) is 5.10 Å². The SMILES string of the molecule is Cc1ccc(C)c(N2N=C(C(=O)N(Cc3ccco3)C3CC3)CCC2=O)c1. The largest absolute Gasteiger partial charge is 0.467 e. The number of aryl methyl sites for hydroxylation is 2. The maximum atomic E-state index is 13.2. The van der Waals surface area contributed by atoms with E-state index in [1.807, 2.05) is 49.1 Å². The molecule has 1 saturated carbocycles. The highest BCUT2D eigenvalue weighted by molar-refractivity contribution is 6.40. The monoisotopic (exact) mass is 365 g/mol. The fraction of sp³-hybridized carbons (Fsp3) is 0.381. The highest BCUT2D eigenvalue weighted by Gasteiger charge is 2.37. The van der Waals surface area contributed by atoms with E-state index in [0.29, 0.717) is 18.7 Å². The maximum absolute atomic E-state index is 13.2. The van der Waals surface area contributed by atoms with E-state index in [-0.39, 0.29) is 24.3 Å². The van der Waals surface area contributed by atoms with Gasteiger partial charge in [-0.3, -0.25) is 9.59 Å². The summed E-state index contributed by atoms with van der Waals surface area (Å²) in [5, 5.41) is 5.87. The summed E-state index contributed by atoms with van der Waals surface area (Å²) in [4.78, 5) is 27.5. The zero-order chi connectivity index (χ0) is 19.0. The molecule has 140 valence electrons. The van der Waals surface area contributed by atoms with E-state index in [1.165, 1.54) is 5.01 Å². The number of carbonyl (C=O) groups excluding carboxylic acids is 2. The first-order valence-electron chi connectivity index (χ1n) is 9.34. The van der Waals surface area contributed by atoms with Gasteiger partial charge < -0.3 is 9.32 Å². The van der Waals surface area contributed by atoms with Gasteiger partial charge in [0.1, 0.15) is 11.5 Å². The molecule has 0 radical (unpaired) electrons. The molecule has 1 aromatic carbocycles. The molecule has 27 heavy (non-hydrogen) atoms. The molecular weight excluding hydrogens is 342 g/mol. The number of carbonyl (C=O) groups is 2. The molecule has 1 fully saturated rings. The standard InChI is InChI=1S/C21H23N3O3/c1-14-5-6-15(2)19(12-14)24-20(25)10-9-18(22-24)21(26)23(16-7-8-16)13-17-4-3-11-27-17/h3-6,11-12,16H,7-10,13H2,1-2H3. The Morgan fingerprint density at radius 2 is 2.07 bits per heavy atom. The summed E-state index contributed by atoms with van der Waals surface area (Å²) in [6.45, 7) is 4.36. The van der Waals surface area contributed by atoms with Crippen molar-refractivity contribution < 1.29 is 14.0 Å².